The fourth-order valence-corrected chi connectivity index (χ4v) is 6.52. The molecule has 218 valence electrons. The number of piperazine rings is 1. The van der Waals surface area contributed by atoms with Gasteiger partial charge in [0.25, 0.3) is 0 Å². The number of hydrogen-bond donors (Lipinski definition) is 1. The average Bonchev–Trinajstić information content (AvgIpc) is 3.78. The van der Waals surface area contributed by atoms with Gasteiger partial charge >= 0.3 is 0 Å². The fourth-order valence-electron chi connectivity index (χ4n) is 6.52. The largest absolute Gasteiger partial charge is 0.363 e. The number of nitrogens with zero attached hydrogens (tertiary/aromatic N) is 11. The molecule has 0 radical (unpaired) electrons. The van der Waals surface area contributed by atoms with E-state index >= 15 is 0 Å². The first-order chi connectivity index (χ1) is 20.5. The molecule has 0 unspecified atom stereocenters. The summed E-state index contributed by atoms with van der Waals surface area (Å²) < 4.78 is 5.44. The molecule has 1 amide bonds. The first-order valence-electron chi connectivity index (χ1n) is 14.8. The van der Waals surface area contributed by atoms with Crippen LogP contribution in [-0.4, -0.2) is 96.2 Å². The van der Waals surface area contributed by atoms with Gasteiger partial charge in [0.1, 0.15) is 12.1 Å². The second-order valence-electron chi connectivity index (χ2n) is 11.9. The van der Waals surface area contributed by atoms with Gasteiger partial charge in [-0.3, -0.25) is 14.2 Å². The predicted octanol–water partition coefficient (Wildman–Crippen LogP) is 2.43. The van der Waals surface area contributed by atoms with Crippen LogP contribution in [0.25, 0.3) is 5.65 Å². The van der Waals surface area contributed by atoms with Crippen molar-refractivity contribution >= 4 is 28.9 Å². The van der Waals surface area contributed by atoms with Crippen molar-refractivity contribution in [2.45, 2.75) is 50.1 Å². The molecule has 3 aliphatic rings. The van der Waals surface area contributed by atoms with Crippen molar-refractivity contribution in [3.63, 3.8) is 0 Å². The number of nitrogens with one attached hydrogen (secondary N) is 1. The number of aromatic nitrogens is 7. The highest BCUT2D eigenvalue weighted by Crippen LogP contribution is 2.39. The van der Waals surface area contributed by atoms with Crippen LogP contribution in [0.1, 0.15) is 43.6 Å². The van der Waals surface area contributed by atoms with Gasteiger partial charge in [-0.15, -0.1) is 5.10 Å². The van der Waals surface area contributed by atoms with Crippen LogP contribution in [0.3, 0.4) is 0 Å². The SMILES string of the molecule is CN1CCN(C(=O)Cn2cc(Nc3nc4c(N5CC(CC#N)(n6cc(C7CCCC7)cn6)C5)cccn4n3)cn2)CC1. The Kier molecular flexibility index (Phi) is 6.78. The molecule has 42 heavy (non-hydrogen) atoms. The smallest absolute Gasteiger partial charge is 0.247 e. The van der Waals surface area contributed by atoms with E-state index in [1.807, 2.05) is 34.1 Å². The van der Waals surface area contributed by atoms with Crippen molar-refractivity contribution in [1.82, 2.24) is 44.0 Å². The highest BCUT2D eigenvalue weighted by atomic mass is 16.2. The van der Waals surface area contributed by atoms with Gasteiger partial charge in [0.2, 0.25) is 11.9 Å². The molecule has 4 aromatic rings. The van der Waals surface area contributed by atoms with Crippen molar-refractivity contribution in [2.75, 3.05) is 56.5 Å². The summed E-state index contributed by atoms with van der Waals surface area (Å²) in [6.45, 7) is 4.82. The van der Waals surface area contributed by atoms with Crippen LogP contribution in [-0.2, 0) is 16.9 Å². The lowest BCUT2D eigenvalue weighted by atomic mass is 9.86. The van der Waals surface area contributed by atoms with Crippen LogP contribution in [0, 0.1) is 11.3 Å². The Hall–Kier alpha value is -4.44. The molecule has 0 spiro atoms. The van der Waals surface area contributed by atoms with E-state index in [9.17, 15) is 10.1 Å². The molecule has 7 rings (SSSR count). The summed E-state index contributed by atoms with van der Waals surface area (Å²) >= 11 is 0. The maximum absolute atomic E-state index is 12.7. The van der Waals surface area contributed by atoms with Crippen LogP contribution in [0.2, 0.25) is 0 Å². The van der Waals surface area contributed by atoms with Crippen LogP contribution in [0.15, 0.2) is 43.1 Å². The Labute approximate surface area is 244 Å². The van der Waals surface area contributed by atoms with Gasteiger partial charge in [0.15, 0.2) is 5.65 Å². The van der Waals surface area contributed by atoms with Crippen molar-refractivity contribution in [3.05, 3.63) is 48.7 Å². The lowest BCUT2D eigenvalue weighted by Gasteiger charge is -2.50. The molecule has 0 aromatic carbocycles. The van der Waals surface area contributed by atoms with E-state index in [2.05, 4.69) is 44.6 Å². The number of carbonyl (C=O) groups excluding carboxylic acids is 1. The first-order valence-corrected chi connectivity index (χ1v) is 14.8. The molecule has 13 nitrogen and oxygen atoms in total. The Bertz CT molecular complexity index is 1610. The molecule has 6 heterocycles. The fraction of sp³-hybridized carbons (Fsp3) is 0.517. The van der Waals surface area contributed by atoms with Gasteiger partial charge in [0.05, 0.1) is 36.3 Å². The molecule has 0 bridgehead atoms. The van der Waals surface area contributed by atoms with E-state index in [4.69, 9.17) is 10.1 Å². The number of pyridine rings is 1. The molecule has 2 saturated heterocycles. The summed E-state index contributed by atoms with van der Waals surface area (Å²) in [5.74, 6) is 1.11. The number of rotatable bonds is 8. The third kappa shape index (κ3) is 4.96. The molecule has 0 atom stereocenters. The maximum atomic E-state index is 12.7. The minimum Gasteiger partial charge on any atom is -0.363 e. The Morgan fingerprint density at radius 2 is 1.93 bits per heavy atom. The Morgan fingerprint density at radius 3 is 2.71 bits per heavy atom. The van der Waals surface area contributed by atoms with Crippen LogP contribution < -0.4 is 10.2 Å². The number of nitriles is 1. The van der Waals surface area contributed by atoms with Gasteiger partial charge in [-0.05, 0) is 43.5 Å². The molecular formula is C29H36N12O. The molecular weight excluding hydrogens is 532 g/mol. The number of likely N-dealkylation sites (N-methyl/N-ethyl adjacent to an activating group) is 1. The molecule has 4 aromatic heterocycles. The quantitative estimate of drug-likeness (QED) is 0.341. The summed E-state index contributed by atoms with van der Waals surface area (Å²) in [5, 5.41) is 26.6. The highest BCUT2D eigenvalue weighted by Gasteiger charge is 2.46. The van der Waals surface area contributed by atoms with E-state index in [1.54, 1.807) is 21.6 Å². The Morgan fingerprint density at radius 1 is 1.12 bits per heavy atom. The number of fused-ring (bicyclic) bond motifs is 1. The van der Waals surface area contributed by atoms with Crippen LogP contribution >= 0.6 is 0 Å². The van der Waals surface area contributed by atoms with Crippen molar-refractivity contribution in [2.24, 2.45) is 0 Å². The van der Waals surface area contributed by atoms with E-state index < -0.39 is 0 Å². The van der Waals surface area contributed by atoms with Crippen LogP contribution in [0.5, 0.6) is 0 Å². The van der Waals surface area contributed by atoms with Gasteiger partial charge < -0.3 is 20.0 Å². The number of carbonyl (C=O) groups is 1. The second-order valence-corrected chi connectivity index (χ2v) is 11.9. The number of anilines is 3. The summed E-state index contributed by atoms with van der Waals surface area (Å²) in [5.41, 5.74) is 3.35. The first kappa shape index (κ1) is 26.5. The van der Waals surface area contributed by atoms with E-state index in [-0.39, 0.29) is 18.0 Å². The lowest BCUT2D eigenvalue weighted by molar-refractivity contribution is -0.133. The molecule has 1 saturated carbocycles. The van der Waals surface area contributed by atoms with Gasteiger partial charge in [-0.1, -0.05) is 12.8 Å². The van der Waals surface area contributed by atoms with E-state index in [1.165, 1.54) is 31.2 Å². The van der Waals surface area contributed by atoms with Crippen molar-refractivity contribution in [3.8, 4) is 6.07 Å². The van der Waals surface area contributed by atoms with Gasteiger partial charge in [-0.2, -0.15) is 20.4 Å². The van der Waals surface area contributed by atoms with Crippen molar-refractivity contribution in [1.29, 1.82) is 5.26 Å². The van der Waals surface area contributed by atoms with Gasteiger partial charge in [0, 0.05) is 57.9 Å². The molecule has 3 fully saturated rings. The molecule has 1 aliphatic carbocycles. The number of amides is 1. The summed E-state index contributed by atoms with van der Waals surface area (Å²) in [7, 11) is 2.07. The van der Waals surface area contributed by atoms with E-state index in [0.717, 1.165) is 37.5 Å². The normalized spacial score (nSPS) is 19.2. The zero-order chi connectivity index (χ0) is 28.7. The highest BCUT2D eigenvalue weighted by molar-refractivity contribution is 5.76. The standard InChI is InChI=1S/C29H36N12O/c1-36-11-13-37(14-12-36)26(42)19-39-18-24(16-31-39)33-28-34-27-25(7-4-10-40(27)35-28)38-20-29(21-38,8-9-30)41-17-23(15-32-41)22-5-2-3-6-22/h4,7,10,15-18,22H,2-3,5-6,8,11-14,19-21H2,1H3,(H,33,35). The van der Waals surface area contributed by atoms with Crippen LogP contribution in [0.4, 0.5) is 17.3 Å². The van der Waals surface area contributed by atoms with Crippen molar-refractivity contribution < 1.29 is 4.79 Å². The zero-order valence-electron chi connectivity index (χ0n) is 23.9. The molecule has 2 aliphatic heterocycles. The predicted molar refractivity (Wildman–Crippen MR) is 156 cm³/mol. The third-order valence-corrected chi connectivity index (χ3v) is 9.02. The zero-order valence-corrected chi connectivity index (χ0v) is 23.9. The summed E-state index contributed by atoms with van der Waals surface area (Å²) in [6, 6.07) is 6.40. The molecule has 13 heteroatoms. The minimum absolute atomic E-state index is 0.0696. The molecule has 1 N–H and O–H groups in total. The maximum Gasteiger partial charge on any atom is 0.247 e. The van der Waals surface area contributed by atoms with Gasteiger partial charge in [-0.25, -0.2) is 4.52 Å². The average molecular weight is 569 g/mol. The van der Waals surface area contributed by atoms with E-state index in [0.29, 0.717) is 37.1 Å². The summed E-state index contributed by atoms with van der Waals surface area (Å²) in [4.78, 5) is 23.8. The second kappa shape index (κ2) is 10.8. The lowest BCUT2D eigenvalue weighted by Crippen LogP contribution is -2.63. The number of hydrogen-bond acceptors (Lipinski definition) is 9. The summed E-state index contributed by atoms with van der Waals surface area (Å²) in [6.07, 6.45) is 14.9. The third-order valence-electron chi connectivity index (χ3n) is 9.02. The monoisotopic (exact) mass is 568 g/mol. The minimum atomic E-state index is -0.352. The topological polar surface area (TPSA) is 128 Å². The Balaban J connectivity index is 1.03.